The molecule has 16 heteroatoms. The minimum Gasteiger partial charge on any atom is -0.420 e. The van der Waals surface area contributed by atoms with Gasteiger partial charge in [0, 0.05) is 37.3 Å². The molecule has 2 aromatic carbocycles. The topological polar surface area (TPSA) is 146 Å². The Balaban J connectivity index is 0.941. The number of carbonyl (C=O) groups excluding carboxylic acids is 2. The van der Waals surface area contributed by atoms with Gasteiger partial charge in [-0.05, 0) is 25.3 Å². The van der Waals surface area contributed by atoms with Crippen molar-refractivity contribution in [1.82, 2.24) is 14.5 Å². The highest BCUT2D eigenvalue weighted by Gasteiger charge is 2.23. The summed E-state index contributed by atoms with van der Waals surface area (Å²) in [6.45, 7) is 5.58. The molecule has 0 atom stereocenters. The molecule has 0 unspecified atom stereocenters. The number of pyridine rings is 1. The van der Waals surface area contributed by atoms with Crippen molar-refractivity contribution < 1.29 is 55.6 Å². The number of ketones is 1. The maximum Gasteiger partial charge on any atom is 0.313 e. The van der Waals surface area contributed by atoms with Gasteiger partial charge in [-0.2, -0.15) is 8.78 Å². The summed E-state index contributed by atoms with van der Waals surface area (Å²) >= 11 is 0. The maximum atomic E-state index is 13.6. The number of aromatic nitrogens is 3. The van der Waals surface area contributed by atoms with Gasteiger partial charge in [0.2, 0.25) is 17.4 Å². The Hall–Kier alpha value is -4.22. The highest BCUT2D eigenvalue weighted by Crippen LogP contribution is 2.30. The number of nitrogen functional groups attached to an aromatic ring is 1. The number of benzene rings is 2. The molecule has 0 fully saturated rings. The van der Waals surface area contributed by atoms with Crippen molar-refractivity contribution in [2.45, 2.75) is 71.3 Å². The van der Waals surface area contributed by atoms with Gasteiger partial charge in [0.05, 0.1) is 83.5 Å². The van der Waals surface area contributed by atoms with E-state index in [4.69, 9.17) is 34.4 Å². The number of aryl methyl sites for hydroxylation is 2. The summed E-state index contributed by atoms with van der Waals surface area (Å²) in [5.41, 5.74) is 8.97. The third kappa shape index (κ3) is 13.8. The van der Waals surface area contributed by atoms with Crippen LogP contribution in [0.1, 0.15) is 64.1 Å². The molecule has 0 aliphatic carbocycles. The summed E-state index contributed by atoms with van der Waals surface area (Å²) in [6.07, 6.45) is 6.17. The lowest BCUT2D eigenvalue weighted by molar-refractivity contribution is -0.136. The third-order valence-electron chi connectivity index (χ3n) is 8.53. The van der Waals surface area contributed by atoms with Crippen LogP contribution in [0.2, 0.25) is 0 Å². The van der Waals surface area contributed by atoms with Crippen LogP contribution in [0.5, 0.6) is 5.75 Å². The molecular formula is C39H50F4N4O8. The van der Waals surface area contributed by atoms with Gasteiger partial charge in [-0.15, -0.1) is 0 Å². The van der Waals surface area contributed by atoms with Crippen molar-refractivity contribution in [3.8, 4) is 5.75 Å². The predicted molar refractivity (Wildman–Crippen MR) is 197 cm³/mol. The van der Waals surface area contributed by atoms with E-state index in [1.807, 2.05) is 18.2 Å². The van der Waals surface area contributed by atoms with Crippen LogP contribution < -0.4 is 10.5 Å². The van der Waals surface area contributed by atoms with Crippen molar-refractivity contribution in [1.29, 1.82) is 0 Å². The number of carbonyl (C=O) groups is 2. The average molecular weight is 779 g/mol. The van der Waals surface area contributed by atoms with E-state index in [0.717, 1.165) is 72.8 Å². The van der Waals surface area contributed by atoms with E-state index in [2.05, 4.69) is 27.3 Å². The Morgan fingerprint density at radius 2 is 1.29 bits per heavy atom. The van der Waals surface area contributed by atoms with E-state index in [0.29, 0.717) is 64.9 Å². The molecule has 0 saturated carbocycles. The van der Waals surface area contributed by atoms with Crippen molar-refractivity contribution in [3.63, 3.8) is 0 Å². The molecule has 0 spiro atoms. The van der Waals surface area contributed by atoms with Gasteiger partial charge >= 0.3 is 5.97 Å². The monoisotopic (exact) mass is 778 g/mol. The van der Waals surface area contributed by atoms with Gasteiger partial charge in [0.15, 0.2) is 17.5 Å². The summed E-state index contributed by atoms with van der Waals surface area (Å²) in [4.78, 5) is 33.5. The van der Waals surface area contributed by atoms with E-state index in [1.54, 1.807) is 0 Å². The fourth-order valence-corrected chi connectivity index (χ4v) is 5.69. The SMILES string of the molecule is CCCCc1nc2c(N)nc3ccccc3c2n1CCCCCC(=O)CCOCCOCCOCCOCCOCCC(=O)Oc1c(F)c(F)cc(F)c1F. The lowest BCUT2D eigenvalue weighted by Gasteiger charge is -2.11. The van der Waals surface area contributed by atoms with Crippen molar-refractivity contribution in [3.05, 3.63) is 59.4 Å². The number of nitrogens with zero attached hydrogens (tertiary/aromatic N) is 3. The van der Waals surface area contributed by atoms with Gasteiger partial charge in [0.1, 0.15) is 17.1 Å². The summed E-state index contributed by atoms with van der Waals surface area (Å²) < 4.78 is 87.2. The predicted octanol–water partition coefficient (Wildman–Crippen LogP) is 6.66. The number of imidazole rings is 1. The van der Waals surface area contributed by atoms with Crippen LogP contribution in [-0.2, 0) is 46.2 Å². The number of Topliss-reactive ketones (excluding diaryl/α,β-unsaturated/α-hetero) is 1. The number of anilines is 1. The molecule has 0 radical (unpaired) electrons. The van der Waals surface area contributed by atoms with Gasteiger partial charge in [-0.3, -0.25) is 9.59 Å². The molecular weight excluding hydrogens is 728 g/mol. The second kappa shape index (κ2) is 23.6. The average Bonchev–Trinajstić information content (AvgIpc) is 3.54. The number of para-hydroxylation sites is 1. The maximum absolute atomic E-state index is 13.6. The molecule has 0 amide bonds. The first-order chi connectivity index (χ1) is 26.7. The highest BCUT2D eigenvalue weighted by atomic mass is 19.2. The first-order valence-electron chi connectivity index (χ1n) is 18.7. The van der Waals surface area contributed by atoms with Crippen LogP contribution in [0.25, 0.3) is 21.9 Å². The zero-order chi connectivity index (χ0) is 39.4. The van der Waals surface area contributed by atoms with Gasteiger partial charge < -0.3 is 38.7 Å². The lowest BCUT2D eigenvalue weighted by Crippen LogP contribution is -2.16. The van der Waals surface area contributed by atoms with Crippen LogP contribution in [0, 0.1) is 23.3 Å². The van der Waals surface area contributed by atoms with E-state index in [1.165, 1.54) is 0 Å². The highest BCUT2D eigenvalue weighted by molar-refractivity contribution is 6.06. The number of halogens is 4. The van der Waals surface area contributed by atoms with Crippen LogP contribution in [0.4, 0.5) is 23.4 Å². The Bertz CT molecular complexity index is 1800. The molecule has 0 aliphatic rings. The number of fused-ring (bicyclic) bond motifs is 3. The zero-order valence-electron chi connectivity index (χ0n) is 31.2. The molecule has 0 saturated heterocycles. The van der Waals surface area contributed by atoms with Gasteiger partial charge in [-0.1, -0.05) is 38.0 Å². The normalized spacial score (nSPS) is 11.6. The fraction of sp³-hybridized carbons (Fsp3) is 0.538. The summed E-state index contributed by atoms with van der Waals surface area (Å²) in [7, 11) is 0. The number of hydrogen-bond donors (Lipinski definition) is 1. The number of esters is 1. The molecule has 55 heavy (non-hydrogen) atoms. The minimum absolute atomic E-state index is 0.0186. The second-order valence-corrected chi connectivity index (χ2v) is 12.7. The van der Waals surface area contributed by atoms with Crippen LogP contribution >= 0.6 is 0 Å². The molecule has 12 nitrogen and oxygen atoms in total. The van der Waals surface area contributed by atoms with Crippen molar-refractivity contribution in [2.24, 2.45) is 0 Å². The van der Waals surface area contributed by atoms with E-state index < -0.39 is 41.4 Å². The van der Waals surface area contributed by atoms with E-state index in [9.17, 15) is 27.2 Å². The first-order valence-corrected chi connectivity index (χ1v) is 18.7. The zero-order valence-corrected chi connectivity index (χ0v) is 31.2. The van der Waals surface area contributed by atoms with Crippen molar-refractivity contribution in [2.75, 3.05) is 71.8 Å². The Labute approximate surface area is 317 Å². The summed E-state index contributed by atoms with van der Waals surface area (Å²) in [5.74, 6) is -7.83. The number of rotatable bonds is 28. The second-order valence-electron chi connectivity index (χ2n) is 12.7. The van der Waals surface area contributed by atoms with Gasteiger partial charge in [0.25, 0.3) is 0 Å². The summed E-state index contributed by atoms with van der Waals surface area (Å²) in [5, 5.41) is 1.05. The number of hydrogen-bond acceptors (Lipinski definition) is 11. The molecule has 2 aromatic heterocycles. The molecule has 2 N–H and O–H groups in total. The molecule has 4 rings (SSSR count). The summed E-state index contributed by atoms with van der Waals surface area (Å²) in [6, 6.07) is 8.02. The smallest absolute Gasteiger partial charge is 0.313 e. The van der Waals surface area contributed by atoms with E-state index >= 15 is 0 Å². The van der Waals surface area contributed by atoms with Crippen LogP contribution in [-0.4, -0.2) is 92.4 Å². The minimum atomic E-state index is -1.80. The Kier molecular flexibility index (Phi) is 18.7. The van der Waals surface area contributed by atoms with Gasteiger partial charge in [-0.25, -0.2) is 18.7 Å². The number of ether oxygens (including phenoxy) is 6. The third-order valence-corrected chi connectivity index (χ3v) is 8.53. The Morgan fingerprint density at radius 3 is 1.91 bits per heavy atom. The molecule has 302 valence electrons. The standard InChI is InChI=1S/C39H50F4N4O8/c1-2-3-12-32-46-36-37(28-10-6-7-11-31(28)45-39(36)44)47(32)15-8-4-5-9-27(48)13-16-50-18-20-52-22-24-54-25-23-53-21-19-51-17-14-33(49)55-38-34(42)29(40)26-30(41)35(38)43/h6-7,10-11,26H,2-5,8-9,12-25H2,1H3,(H2,44,45). The molecule has 0 aliphatic heterocycles. The molecule has 2 heterocycles. The number of nitrogens with two attached hydrogens (primary N) is 1. The molecule has 0 bridgehead atoms. The number of unbranched alkanes of at least 4 members (excludes halogenated alkanes) is 3. The van der Waals surface area contributed by atoms with Crippen molar-refractivity contribution >= 4 is 39.5 Å². The quantitative estimate of drug-likeness (QED) is 0.0217. The lowest BCUT2D eigenvalue weighted by atomic mass is 10.1. The van der Waals surface area contributed by atoms with Crippen LogP contribution in [0.3, 0.4) is 0 Å². The van der Waals surface area contributed by atoms with Crippen LogP contribution in [0.15, 0.2) is 30.3 Å². The Morgan fingerprint density at radius 1 is 0.709 bits per heavy atom. The fourth-order valence-electron chi connectivity index (χ4n) is 5.69. The largest absolute Gasteiger partial charge is 0.420 e. The molecule has 4 aromatic rings. The van der Waals surface area contributed by atoms with E-state index in [-0.39, 0.29) is 31.7 Å². The first kappa shape index (κ1) is 43.5.